The number of fused-ring (bicyclic) bond motifs is 3. The summed E-state index contributed by atoms with van der Waals surface area (Å²) in [6.45, 7) is 0. The van der Waals surface area contributed by atoms with Crippen LogP contribution in [0.25, 0.3) is 53.6 Å². The fourth-order valence-corrected chi connectivity index (χ4v) is 8.94. The lowest BCUT2D eigenvalue weighted by atomic mass is 10.0. The Morgan fingerprint density at radius 1 is 0.228 bits per heavy atom. The van der Waals surface area contributed by atoms with Crippen LogP contribution in [0, 0.1) is 0 Å². The molecule has 1 aromatic heterocycles. The monoisotopic (exact) mass is 746 g/mol. The summed E-state index contributed by atoms with van der Waals surface area (Å²) in [6.07, 6.45) is 0. The first-order valence-electron chi connectivity index (χ1n) is 19.3. The Hall–Kier alpha value is -7.20. The Labute approximate surface area is 337 Å². The van der Waals surface area contributed by atoms with Crippen molar-refractivity contribution in [1.82, 2.24) is 0 Å². The maximum atomic E-state index is 2.37. The minimum Gasteiger partial charge on any atom is -0.311 e. The topological polar surface area (TPSA) is 6.48 Å². The summed E-state index contributed by atoms with van der Waals surface area (Å²) in [5, 5.41) is 2.61. The van der Waals surface area contributed by atoms with Gasteiger partial charge in [0.25, 0.3) is 0 Å². The van der Waals surface area contributed by atoms with Crippen LogP contribution in [0.2, 0.25) is 0 Å². The number of para-hydroxylation sites is 1. The predicted molar refractivity (Wildman–Crippen MR) is 245 cm³/mol. The highest BCUT2D eigenvalue weighted by molar-refractivity contribution is 7.25. The van der Waals surface area contributed by atoms with Crippen molar-refractivity contribution in [2.24, 2.45) is 0 Å². The smallest absolute Gasteiger partial charge is 0.0476 e. The summed E-state index contributed by atoms with van der Waals surface area (Å²) in [6, 6.07) is 82.9. The summed E-state index contributed by atoms with van der Waals surface area (Å²) in [7, 11) is 0. The fraction of sp³-hybridized carbons (Fsp3) is 0. The van der Waals surface area contributed by atoms with E-state index >= 15 is 0 Å². The highest BCUT2D eigenvalue weighted by atomic mass is 32.1. The Morgan fingerprint density at radius 2 is 0.544 bits per heavy atom. The number of anilines is 6. The van der Waals surface area contributed by atoms with Crippen molar-refractivity contribution in [1.29, 1.82) is 0 Å². The average Bonchev–Trinajstić information content (AvgIpc) is 3.67. The molecule has 0 fully saturated rings. The van der Waals surface area contributed by atoms with Crippen LogP contribution in [0.5, 0.6) is 0 Å². The van der Waals surface area contributed by atoms with Crippen molar-refractivity contribution < 1.29 is 0 Å². The van der Waals surface area contributed by atoms with Gasteiger partial charge in [0, 0.05) is 54.3 Å². The van der Waals surface area contributed by atoms with Crippen LogP contribution in [0.4, 0.5) is 34.1 Å². The molecule has 0 N–H and O–H groups in total. The molecule has 0 aliphatic carbocycles. The van der Waals surface area contributed by atoms with E-state index in [-0.39, 0.29) is 0 Å². The summed E-state index contributed by atoms with van der Waals surface area (Å²) >= 11 is 1.85. The molecule has 9 aromatic carbocycles. The zero-order chi connectivity index (χ0) is 38.0. The quantitative estimate of drug-likeness (QED) is 0.145. The van der Waals surface area contributed by atoms with Crippen molar-refractivity contribution in [3.63, 3.8) is 0 Å². The maximum Gasteiger partial charge on any atom is 0.0476 e. The van der Waals surface area contributed by atoms with Crippen molar-refractivity contribution in [2.45, 2.75) is 0 Å². The lowest BCUT2D eigenvalue weighted by molar-refractivity contribution is 1.28. The number of rotatable bonds is 9. The van der Waals surface area contributed by atoms with Gasteiger partial charge in [-0.1, -0.05) is 152 Å². The number of benzene rings is 9. The van der Waals surface area contributed by atoms with Gasteiger partial charge < -0.3 is 9.80 Å². The summed E-state index contributed by atoms with van der Waals surface area (Å²) in [5.41, 5.74) is 13.9. The zero-order valence-corrected chi connectivity index (χ0v) is 32.1. The minimum atomic E-state index is 1.11. The minimum absolute atomic E-state index is 1.11. The molecule has 0 amide bonds. The van der Waals surface area contributed by atoms with Crippen LogP contribution in [-0.4, -0.2) is 0 Å². The van der Waals surface area contributed by atoms with E-state index < -0.39 is 0 Å². The van der Waals surface area contributed by atoms with E-state index in [1.165, 1.54) is 53.6 Å². The first-order valence-corrected chi connectivity index (χ1v) is 20.1. The molecule has 10 rings (SSSR count). The van der Waals surface area contributed by atoms with Gasteiger partial charge in [0.05, 0.1) is 0 Å². The van der Waals surface area contributed by atoms with Crippen LogP contribution in [0.3, 0.4) is 0 Å². The third-order valence-electron chi connectivity index (χ3n) is 10.7. The second kappa shape index (κ2) is 15.1. The highest BCUT2D eigenvalue weighted by Crippen LogP contribution is 2.42. The fourth-order valence-electron chi connectivity index (χ4n) is 7.80. The Morgan fingerprint density at radius 3 is 1.00 bits per heavy atom. The van der Waals surface area contributed by atoms with E-state index in [1.807, 2.05) is 11.3 Å². The lowest BCUT2D eigenvalue weighted by Crippen LogP contribution is -2.10. The first-order chi connectivity index (χ1) is 28.2. The highest BCUT2D eigenvalue weighted by Gasteiger charge is 2.17. The number of hydrogen-bond donors (Lipinski definition) is 0. The van der Waals surface area contributed by atoms with E-state index in [9.17, 15) is 0 Å². The second-order valence-corrected chi connectivity index (χ2v) is 15.3. The standard InChI is InChI=1S/C54H38N2S/c1-4-12-39(13-5-1)41-20-28-46(29-21-41)55(45-16-8-3-9-17-45)47-30-24-43(25-31-47)44-26-34-49(35-27-44)56(48-32-22-42(23-33-48)40-14-6-2-7-15-40)50-36-37-52-51-18-10-11-19-53(51)57-54(52)38-50/h1-38H. The maximum absolute atomic E-state index is 2.37. The molecule has 0 unspecified atom stereocenters. The van der Waals surface area contributed by atoms with Gasteiger partial charge >= 0.3 is 0 Å². The van der Waals surface area contributed by atoms with Crippen LogP contribution in [-0.2, 0) is 0 Å². The molecule has 3 heteroatoms. The molecule has 10 aromatic rings. The Balaban J connectivity index is 0.977. The number of nitrogens with zero attached hydrogens (tertiary/aromatic N) is 2. The third kappa shape index (κ3) is 6.86. The van der Waals surface area contributed by atoms with Crippen molar-refractivity contribution in [3.8, 4) is 33.4 Å². The molecule has 0 aliphatic rings. The van der Waals surface area contributed by atoms with Crippen LogP contribution < -0.4 is 9.80 Å². The van der Waals surface area contributed by atoms with Gasteiger partial charge in [-0.2, -0.15) is 0 Å². The molecule has 0 saturated heterocycles. The summed E-state index contributed by atoms with van der Waals surface area (Å²) in [4.78, 5) is 4.68. The third-order valence-corrected chi connectivity index (χ3v) is 11.8. The summed E-state index contributed by atoms with van der Waals surface area (Å²) < 4.78 is 2.60. The molecule has 1 heterocycles. The van der Waals surface area contributed by atoms with Gasteiger partial charge in [-0.3, -0.25) is 0 Å². The first kappa shape index (κ1) is 34.3. The van der Waals surface area contributed by atoms with Crippen LogP contribution in [0.1, 0.15) is 0 Å². The average molecular weight is 747 g/mol. The van der Waals surface area contributed by atoms with E-state index in [4.69, 9.17) is 0 Å². The van der Waals surface area contributed by atoms with E-state index in [0.717, 1.165) is 34.1 Å². The zero-order valence-electron chi connectivity index (χ0n) is 31.2. The Bertz CT molecular complexity index is 2900. The largest absolute Gasteiger partial charge is 0.311 e. The van der Waals surface area contributed by atoms with E-state index in [0.29, 0.717) is 0 Å². The lowest BCUT2D eigenvalue weighted by Gasteiger charge is -2.26. The molecule has 0 spiro atoms. The molecule has 270 valence electrons. The molecule has 0 radical (unpaired) electrons. The van der Waals surface area contributed by atoms with Gasteiger partial charge in [0.1, 0.15) is 0 Å². The molecule has 2 nitrogen and oxygen atoms in total. The van der Waals surface area contributed by atoms with Gasteiger partial charge in [0.2, 0.25) is 0 Å². The normalized spacial score (nSPS) is 11.2. The van der Waals surface area contributed by atoms with Gasteiger partial charge in [-0.25, -0.2) is 0 Å². The predicted octanol–water partition coefficient (Wildman–Crippen LogP) is 16.0. The molecular formula is C54H38N2S. The van der Waals surface area contributed by atoms with Crippen molar-refractivity contribution in [2.75, 3.05) is 9.80 Å². The van der Waals surface area contributed by atoms with Gasteiger partial charge in [-0.05, 0) is 112 Å². The molecule has 0 atom stereocenters. The molecular weight excluding hydrogens is 709 g/mol. The van der Waals surface area contributed by atoms with E-state index in [2.05, 4.69) is 240 Å². The van der Waals surface area contributed by atoms with Crippen molar-refractivity contribution >= 4 is 65.6 Å². The van der Waals surface area contributed by atoms with Crippen molar-refractivity contribution in [3.05, 3.63) is 231 Å². The molecule has 0 saturated carbocycles. The van der Waals surface area contributed by atoms with E-state index in [1.54, 1.807) is 0 Å². The number of thiophene rings is 1. The van der Waals surface area contributed by atoms with Gasteiger partial charge in [-0.15, -0.1) is 11.3 Å². The van der Waals surface area contributed by atoms with Gasteiger partial charge in [0.15, 0.2) is 0 Å². The Kier molecular flexibility index (Phi) is 9.11. The SMILES string of the molecule is c1ccc(-c2ccc(N(c3ccccc3)c3ccc(-c4ccc(N(c5ccc(-c6ccccc6)cc5)c5ccc6c(c5)sc5ccccc56)cc4)cc3)cc2)cc1. The summed E-state index contributed by atoms with van der Waals surface area (Å²) in [5.74, 6) is 0. The number of hydrogen-bond acceptors (Lipinski definition) is 3. The van der Waals surface area contributed by atoms with Crippen LogP contribution in [0.15, 0.2) is 231 Å². The molecule has 57 heavy (non-hydrogen) atoms. The molecule has 0 bridgehead atoms. The second-order valence-electron chi connectivity index (χ2n) is 14.2. The molecule has 0 aliphatic heterocycles. The van der Waals surface area contributed by atoms with Crippen LogP contribution >= 0.6 is 11.3 Å².